The van der Waals surface area contributed by atoms with Crippen LogP contribution in [0.3, 0.4) is 0 Å². The van der Waals surface area contributed by atoms with Crippen molar-refractivity contribution in [3.8, 4) is 5.75 Å². The Hall–Kier alpha value is -3.18. The van der Waals surface area contributed by atoms with Crippen molar-refractivity contribution < 1.29 is 36.6 Å². The molecule has 4 rings (SSSR count). The fourth-order valence-electron chi connectivity index (χ4n) is 4.16. The van der Waals surface area contributed by atoms with Crippen LogP contribution in [0.5, 0.6) is 5.75 Å². The summed E-state index contributed by atoms with van der Waals surface area (Å²) in [7, 11) is -3.36. The highest BCUT2D eigenvalue weighted by Gasteiger charge is 2.57. The van der Waals surface area contributed by atoms with Gasteiger partial charge in [-0.1, -0.05) is 42.5 Å². The highest BCUT2D eigenvalue weighted by Crippen LogP contribution is 2.51. The number of thioether (sulfide) groups is 1. The van der Waals surface area contributed by atoms with Crippen LogP contribution in [0.4, 0.5) is 8.78 Å². The van der Waals surface area contributed by atoms with Crippen molar-refractivity contribution in [2.24, 2.45) is 5.92 Å². The molecule has 208 valence electrons. The number of benzene rings is 3. The van der Waals surface area contributed by atoms with Gasteiger partial charge in [0, 0.05) is 34.5 Å². The maximum absolute atomic E-state index is 13.4. The van der Waals surface area contributed by atoms with Crippen molar-refractivity contribution >= 4 is 44.2 Å². The van der Waals surface area contributed by atoms with E-state index < -0.39 is 44.3 Å². The quantitative estimate of drug-likeness (QED) is 0.324. The lowest BCUT2D eigenvalue weighted by molar-refractivity contribution is -0.139. The summed E-state index contributed by atoms with van der Waals surface area (Å²) in [5.74, 6) is -5.14. The Labute approximate surface area is 229 Å². The summed E-state index contributed by atoms with van der Waals surface area (Å²) in [5, 5.41) is 13.9. The van der Waals surface area contributed by atoms with E-state index in [-0.39, 0.29) is 35.0 Å². The molecule has 2 atom stereocenters. The fourth-order valence-corrected chi connectivity index (χ4v) is 6.11. The number of amides is 1. The van der Waals surface area contributed by atoms with Gasteiger partial charge >= 0.3 is 5.97 Å². The number of hydrogen-bond donors (Lipinski definition) is 2. The van der Waals surface area contributed by atoms with Gasteiger partial charge in [0.05, 0.1) is 10.5 Å². The number of fused-ring (bicyclic) bond motifs is 1. The third-order valence-corrected chi connectivity index (χ3v) is 9.37. The Morgan fingerprint density at radius 3 is 2.36 bits per heavy atom. The second-order valence-corrected chi connectivity index (χ2v) is 13.9. The van der Waals surface area contributed by atoms with E-state index in [1.165, 1.54) is 12.1 Å². The maximum Gasteiger partial charge on any atom is 0.327 e. The van der Waals surface area contributed by atoms with Crippen LogP contribution >= 0.6 is 11.8 Å². The van der Waals surface area contributed by atoms with Gasteiger partial charge in [-0.05, 0) is 43.0 Å². The molecule has 0 aliphatic heterocycles. The lowest BCUT2D eigenvalue weighted by Crippen LogP contribution is -2.52. The molecule has 3 aromatic carbocycles. The molecule has 1 aliphatic rings. The first kappa shape index (κ1) is 28.8. The number of alkyl halides is 2. The zero-order valence-electron chi connectivity index (χ0n) is 21.6. The van der Waals surface area contributed by atoms with Crippen LogP contribution in [0.1, 0.15) is 36.2 Å². The Morgan fingerprint density at radius 1 is 1.13 bits per heavy atom. The van der Waals surface area contributed by atoms with Gasteiger partial charge < -0.3 is 15.2 Å². The first-order valence-electron chi connectivity index (χ1n) is 12.2. The third-order valence-electron chi connectivity index (χ3n) is 6.69. The van der Waals surface area contributed by atoms with E-state index in [0.717, 1.165) is 23.4 Å². The maximum atomic E-state index is 13.4. The number of carboxylic acid groups (broad SMARTS) is 1. The van der Waals surface area contributed by atoms with Gasteiger partial charge in [0.25, 0.3) is 11.8 Å². The molecule has 0 bridgehead atoms. The van der Waals surface area contributed by atoms with Crippen molar-refractivity contribution in [3.63, 3.8) is 0 Å². The Kier molecular flexibility index (Phi) is 7.96. The van der Waals surface area contributed by atoms with E-state index in [1.54, 1.807) is 50.2 Å². The van der Waals surface area contributed by atoms with Gasteiger partial charge in [0.2, 0.25) is 0 Å². The number of sulfone groups is 1. The van der Waals surface area contributed by atoms with Gasteiger partial charge in [-0.3, -0.25) is 4.79 Å². The highest BCUT2D eigenvalue weighted by atomic mass is 32.2. The number of carbonyl (C=O) groups is 2. The number of rotatable bonds is 11. The van der Waals surface area contributed by atoms with E-state index in [0.29, 0.717) is 10.9 Å². The van der Waals surface area contributed by atoms with Gasteiger partial charge in [0.15, 0.2) is 9.84 Å². The molecule has 1 amide bonds. The molecular formula is C28H29F2NO6S2. The topological polar surface area (TPSA) is 110 Å². The predicted octanol–water partition coefficient (Wildman–Crippen LogP) is 5.17. The molecule has 1 fully saturated rings. The largest absolute Gasteiger partial charge is 0.487 e. The number of hydrogen-bond acceptors (Lipinski definition) is 6. The SMILES string of the molecule is CC(C)(SCC1CC1(F)F)C(NC(=O)c1ccc2ccccc2c1OCc1ccc(S(C)(=O)=O)cc1)C(=O)O. The standard InChI is InChI=1S/C28H29F2NO6S2/c1-27(2,38-16-19-14-28(19,29)30)24(26(33)34)31-25(32)22-13-10-18-6-4-5-7-21(18)23(22)37-15-17-8-11-20(12-9-17)39(3,35)36/h4-13,19,24H,14-16H2,1-3H3,(H,31,32)(H,33,34). The van der Waals surface area contributed by atoms with Crippen LogP contribution in [0.2, 0.25) is 0 Å². The van der Waals surface area contributed by atoms with Crippen LogP contribution < -0.4 is 10.1 Å². The summed E-state index contributed by atoms with van der Waals surface area (Å²) in [5.41, 5.74) is 0.779. The molecule has 39 heavy (non-hydrogen) atoms. The average molecular weight is 578 g/mol. The van der Waals surface area contributed by atoms with Crippen LogP contribution in [0.25, 0.3) is 10.8 Å². The van der Waals surface area contributed by atoms with Gasteiger partial charge in [0.1, 0.15) is 18.4 Å². The number of aliphatic carboxylic acids is 1. The van der Waals surface area contributed by atoms with Gasteiger partial charge in [-0.25, -0.2) is 22.0 Å². The minimum atomic E-state index is -3.36. The second-order valence-electron chi connectivity index (χ2n) is 10.2. The summed E-state index contributed by atoms with van der Waals surface area (Å²) in [4.78, 5) is 25.8. The van der Waals surface area contributed by atoms with Crippen LogP contribution in [-0.2, 0) is 21.2 Å². The van der Waals surface area contributed by atoms with Crippen LogP contribution in [0, 0.1) is 5.92 Å². The number of nitrogens with one attached hydrogen (secondary N) is 1. The minimum Gasteiger partial charge on any atom is -0.487 e. The average Bonchev–Trinajstić information content (AvgIpc) is 3.50. The minimum absolute atomic E-state index is 0.0254. The monoisotopic (exact) mass is 577 g/mol. The van der Waals surface area contributed by atoms with Crippen molar-refractivity contribution in [3.05, 3.63) is 71.8 Å². The van der Waals surface area contributed by atoms with E-state index in [2.05, 4.69) is 5.32 Å². The molecule has 0 radical (unpaired) electrons. The van der Waals surface area contributed by atoms with E-state index >= 15 is 0 Å². The van der Waals surface area contributed by atoms with Gasteiger partial charge in [-0.15, -0.1) is 0 Å². The second kappa shape index (κ2) is 10.8. The normalized spacial score (nSPS) is 17.4. The molecule has 0 heterocycles. The lowest BCUT2D eigenvalue weighted by Gasteiger charge is -2.31. The number of carboxylic acids is 1. The number of carbonyl (C=O) groups excluding carboxylic acids is 1. The first-order chi connectivity index (χ1) is 18.2. The summed E-state index contributed by atoms with van der Waals surface area (Å²) in [6.45, 7) is 3.24. The molecule has 11 heteroatoms. The summed E-state index contributed by atoms with van der Waals surface area (Å²) in [6, 6.07) is 15.3. The Bertz CT molecular complexity index is 1510. The van der Waals surface area contributed by atoms with E-state index in [1.807, 2.05) is 12.1 Å². The predicted molar refractivity (Wildman–Crippen MR) is 146 cm³/mol. The molecule has 7 nitrogen and oxygen atoms in total. The molecule has 0 spiro atoms. The van der Waals surface area contributed by atoms with Crippen LogP contribution in [-0.4, -0.2) is 54.1 Å². The molecule has 2 unspecified atom stereocenters. The third kappa shape index (κ3) is 6.70. The zero-order chi connectivity index (χ0) is 28.6. The molecule has 2 N–H and O–H groups in total. The van der Waals surface area contributed by atoms with Crippen molar-refractivity contribution in [1.29, 1.82) is 0 Å². The Morgan fingerprint density at radius 2 is 1.77 bits per heavy atom. The van der Waals surface area contributed by atoms with E-state index in [9.17, 15) is 31.9 Å². The van der Waals surface area contributed by atoms with Gasteiger partial charge in [-0.2, -0.15) is 11.8 Å². The number of halogens is 2. The Balaban J connectivity index is 1.58. The molecule has 0 saturated heterocycles. The molecule has 1 aliphatic carbocycles. The molecule has 3 aromatic rings. The van der Waals surface area contributed by atoms with Crippen molar-refractivity contribution in [2.45, 2.75) is 48.5 Å². The lowest BCUT2D eigenvalue weighted by atomic mass is 10.0. The van der Waals surface area contributed by atoms with Crippen molar-refractivity contribution in [2.75, 3.05) is 12.0 Å². The van der Waals surface area contributed by atoms with Crippen molar-refractivity contribution in [1.82, 2.24) is 5.32 Å². The van der Waals surface area contributed by atoms with E-state index in [4.69, 9.17) is 4.74 Å². The molecule has 0 aromatic heterocycles. The summed E-state index contributed by atoms with van der Waals surface area (Å²) < 4.78 is 55.2. The molecule has 1 saturated carbocycles. The smallest absolute Gasteiger partial charge is 0.327 e. The summed E-state index contributed by atoms with van der Waals surface area (Å²) >= 11 is 1.09. The molecular weight excluding hydrogens is 548 g/mol. The van der Waals surface area contributed by atoms with Crippen LogP contribution in [0.15, 0.2) is 65.6 Å². The first-order valence-corrected chi connectivity index (χ1v) is 15.1. The fraction of sp³-hybridized carbons (Fsp3) is 0.357. The highest BCUT2D eigenvalue weighted by molar-refractivity contribution is 8.00. The number of ether oxygens (including phenoxy) is 1. The zero-order valence-corrected chi connectivity index (χ0v) is 23.2. The summed E-state index contributed by atoms with van der Waals surface area (Å²) in [6.07, 6.45) is 0.903.